The molecule has 1 unspecified atom stereocenters. The molecule has 1 atom stereocenters. The molecule has 3 aromatic rings. The van der Waals surface area contributed by atoms with Crippen LogP contribution in [0.4, 0.5) is 8.78 Å². The summed E-state index contributed by atoms with van der Waals surface area (Å²) in [6.45, 7) is 0. The Morgan fingerprint density at radius 3 is 2.71 bits per heavy atom. The van der Waals surface area contributed by atoms with Crippen LogP contribution < -0.4 is 0 Å². The molecule has 1 N–H and O–H groups in total. The Bertz CT molecular complexity index is 759. The van der Waals surface area contributed by atoms with Gasteiger partial charge in [0.25, 0.3) is 0 Å². The van der Waals surface area contributed by atoms with Crippen LogP contribution in [-0.4, -0.2) is 15.0 Å². The van der Waals surface area contributed by atoms with E-state index in [0.29, 0.717) is 11.3 Å². The van der Waals surface area contributed by atoms with Crippen molar-refractivity contribution in [3.8, 4) is 0 Å². The Kier molecular flexibility index (Phi) is 3.66. The average Bonchev–Trinajstić information content (AvgIpc) is 2.98. The Morgan fingerprint density at radius 1 is 1.14 bits per heavy atom. The summed E-state index contributed by atoms with van der Waals surface area (Å²) in [4.78, 5) is 10.9. The molecule has 2 heterocycles. The van der Waals surface area contributed by atoms with Gasteiger partial charge in [0.1, 0.15) is 5.15 Å². The summed E-state index contributed by atoms with van der Waals surface area (Å²) < 4.78 is 27.7. The molecule has 0 amide bonds. The maximum atomic E-state index is 14.2. The van der Waals surface area contributed by atoms with E-state index < -0.39 is 17.6 Å². The summed E-state index contributed by atoms with van der Waals surface area (Å²) in [6.07, 6.45) is 4.65. The Balaban J connectivity index is 2.20. The number of aromatic nitrogens is 3. The monoisotopic (exact) mass is 305 g/mol. The lowest BCUT2D eigenvalue weighted by Crippen LogP contribution is -2.07. The minimum Gasteiger partial charge on any atom is -0.351 e. The van der Waals surface area contributed by atoms with Gasteiger partial charge in [-0.15, -0.1) is 0 Å². The molecule has 3 rings (SSSR count). The first-order chi connectivity index (χ1) is 10.2. The molecule has 0 spiro atoms. The zero-order valence-electron chi connectivity index (χ0n) is 10.7. The first-order valence-corrected chi connectivity index (χ1v) is 6.58. The van der Waals surface area contributed by atoms with Crippen molar-refractivity contribution in [1.82, 2.24) is 15.0 Å². The van der Waals surface area contributed by atoms with Crippen LogP contribution in [0.3, 0.4) is 0 Å². The molecule has 106 valence electrons. The van der Waals surface area contributed by atoms with Crippen LogP contribution in [0.1, 0.15) is 22.7 Å². The number of benzene rings is 1. The summed E-state index contributed by atoms with van der Waals surface area (Å²) in [5.74, 6) is -2.35. The van der Waals surface area contributed by atoms with Crippen molar-refractivity contribution in [3.05, 3.63) is 82.7 Å². The maximum absolute atomic E-state index is 14.2. The number of nitrogens with zero attached hydrogens (tertiary/aromatic N) is 2. The van der Waals surface area contributed by atoms with E-state index in [0.717, 1.165) is 6.07 Å². The summed E-state index contributed by atoms with van der Waals surface area (Å²) >= 11 is 5.90. The van der Waals surface area contributed by atoms with Gasteiger partial charge in [0, 0.05) is 18.0 Å². The van der Waals surface area contributed by atoms with Crippen molar-refractivity contribution in [3.63, 3.8) is 0 Å². The summed E-state index contributed by atoms with van der Waals surface area (Å²) in [7, 11) is 0. The highest BCUT2D eigenvalue weighted by molar-refractivity contribution is 6.29. The SMILES string of the molecule is Fc1cccc(C(c2ccnc(Cl)c2)c2c[nH]cn2)c1F. The Labute approximate surface area is 124 Å². The van der Waals surface area contributed by atoms with Crippen LogP contribution in [0.2, 0.25) is 5.15 Å². The van der Waals surface area contributed by atoms with Gasteiger partial charge in [0.05, 0.1) is 17.9 Å². The molecule has 2 aromatic heterocycles. The zero-order valence-corrected chi connectivity index (χ0v) is 11.5. The summed E-state index contributed by atoms with van der Waals surface area (Å²) in [5.41, 5.74) is 1.46. The van der Waals surface area contributed by atoms with E-state index in [2.05, 4.69) is 15.0 Å². The van der Waals surface area contributed by atoms with Crippen LogP contribution in [-0.2, 0) is 0 Å². The van der Waals surface area contributed by atoms with Gasteiger partial charge in [-0.25, -0.2) is 18.7 Å². The maximum Gasteiger partial charge on any atom is 0.163 e. The first kappa shape index (κ1) is 13.7. The minimum absolute atomic E-state index is 0.198. The van der Waals surface area contributed by atoms with Crippen LogP contribution in [0.15, 0.2) is 49.1 Å². The predicted octanol–water partition coefficient (Wildman–Crippen LogP) is 3.92. The minimum atomic E-state index is -0.895. The van der Waals surface area contributed by atoms with Gasteiger partial charge in [0.2, 0.25) is 0 Å². The largest absolute Gasteiger partial charge is 0.351 e. The van der Waals surface area contributed by atoms with E-state index in [1.807, 2.05) is 0 Å². The third-order valence-electron chi connectivity index (χ3n) is 3.19. The van der Waals surface area contributed by atoms with Gasteiger partial charge in [-0.2, -0.15) is 0 Å². The lowest BCUT2D eigenvalue weighted by atomic mass is 9.89. The number of pyridine rings is 1. The van der Waals surface area contributed by atoms with E-state index >= 15 is 0 Å². The van der Waals surface area contributed by atoms with Gasteiger partial charge in [-0.1, -0.05) is 23.7 Å². The standard InChI is InChI=1S/C15H10ClF2N3/c16-13-6-9(4-5-20-13)14(12-7-19-8-21-12)10-2-1-3-11(17)15(10)18/h1-8,14H,(H,19,21). The van der Waals surface area contributed by atoms with Crippen molar-refractivity contribution < 1.29 is 8.78 Å². The molecule has 0 aliphatic heterocycles. The number of hydrogen-bond acceptors (Lipinski definition) is 2. The molecule has 1 aromatic carbocycles. The molecule has 0 saturated carbocycles. The quantitative estimate of drug-likeness (QED) is 0.745. The first-order valence-electron chi connectivity index (χ1n) is 6.21. The fourth-order valence-electron chi connectivity index (χ4n) is 2.28. The molecule has 3 nitrogen and oxygen atoms in total. The smallest absolute Gasteiger partial charge is 0.163 e. The van der Waals surface area contributed by atoms with Crippen molar-refractivity contribution in [2.24, 2.45) is 0 Å². The molecule has 0 aliphatic carbocycles. The van der Waals surface area contributed by atoms with Crippen molar-refractivity contribution >= 4 is 11.6 Å². The third kappa shape index (κ3) is 2.64. The topological polar surface area (TPSA) is 41.6 Å². The lowest BCUT2D eigenvalue weighted by molar-refractivity contribution is 0.497. The van der Waals surface area contributed by atoms with E-state index in [9.17, 15) is 8.78 Å². The van der Waals surface area contributed by atoms with Gasteiger partial charge in [-0.05, 0) is 23.8 Å². The molecule has 0 radical (unpaired) electrons. The highest BCUT2D eigenvalue weighted by Gasteiger charge is 2.23. The molecule has 0 fully saturated rings. The van der Waals surface area contributed by atoms with Gasteiger partial charge in [0.15, 0.2) is 11.6 Å². The average molecular weight is 306 g/mol. The molecule has 6 heteroatoms. The Hall–Kier alpha value is -2.27. The number of aromatic amines is 1. The fraction of sp³-hybridized carbons (Fsp3) is 0.0667. The summed E-state index contributed by atoms with van der Waals surface area (Å²) in [5, 5.41) is 0.282. The van der Waals surface area contributed by atoms with Crippen molar-refractivity contribution in [1.29, 1.82) is 0 Å². The van der Waals surface area contributed by atoms with Crippen molar-refractivity contribution in [2.75, 3.05) is 0 Å². The second-order valence-electron chi connectivity index (χ2n) is 4.48. The van der Waals surface area contributed by atoms with Crippen LogP contribution in [0.25, 0.3) is 0 Å². The Morgan fingerprint density at radius 2 is 2.00 bits per heavy atom. The molecule has 0 bridgehead atoms. The molecular weight excluding hydrogens is 296 g/mol. The fourth-order valence-corrected chi connectivity index (χ4v) is 2.46. The van der Waals surface area contributed by atoms with Gasteiger partial charge in [-0.3, -0.25) is 0 Å². The second-order valence-corrected chi connectivity index (χ2v) is 4.87. The molecule has 0 aliphatic rings. The highest BCUT2D eigenvalue weighted by atomic mass is 35.5. The number of rotatable bonds is 3. The van der Waals surface area contributed by atoms with Gasteiger partial charge >= 0.3 is 0 Å². The molecule has 21 heavy (non-hydrogen) atoms. The second kappa shape index (κ2) is 5.61. The van der Waals surface area contributed by atoms with E-state index in [1.165, 1.54) is 24.7 Å². The van der Waals surface area contributed by atoms with E-state index in [-0.39, 0.29) is 10.7 Å². The number of nitrogens with one attached hydrogen (secondary N) is 1. The summed E-state index contributed by atoms with van der Waals surface area (Å²) in [6, 6.07) is 7.41. The van der Waals surface area contributed by atoms with Crippen LogP contribution in [0, 0.1) is 11.6 Å². The number of imidazole rings is 1. The third-order valence-corrected chi connectivity index (χ3v) is 3.40. The van der Waals surface area contributed by atoms with E-state index in [1.54, 1.807) is 18.3 Å². The van der Waals surface area contributed by atoms with E-state index in [4.69, 9.17) is 11.6 Å². The van der Waals surface area contributed by atoms with Gasteiger partial charge < -0.3 is 4.98 Å². The number of halogens is 3. The van der Waals surface area contributed by atoms with Crippen LogP contribution >= 0.6 is 11.6 Å². The predicted molar refractivity (Wildman–Crippen MR) is 75.1 cm³/mol. The number of H-pyrrole nitrogens is 1. The molecule has 0 saturated heterocycles. The van der Waals surface area contributed by atoms with Crippen molar-refractivity contribution in [2.45, 2.75) is 5.92 Å². The number of hydrogen-bond donors (Lipinski definition) is 1. The lowest BCUT2D eigenvalue weighted by Gasteiger charge is -2.17. The normalized spacial score (nSPS) is 12.3. The molecular formula is C15H10ClF2N3. The highest BCUT2D eigenvalue weighted by Crippen LogP contribution is 2.33. The van der Waals surface area contributed by atoms with Crippen LogP contribution in [0.5, 0.6) is 0 Å². The zero-order chi connectivity index (χ0) is 14.8.